The normalized spacial score (nSPS) is 13.4. The zero-order valence-corrected chi connectivity index (χ0v) is 42.7. The van der Waals surface area contributed by atoms with Crippen molar-refractivity contribution < 1.29 is 4.42 Å². The molecule has 2 heteroatoms. The second-order valence-electron chi connectivity index (χ2n) is 18.5. The molecule has 68 heavy (non-hydrogen) atoms. The summed E-state index contributed by atoms with van der Waals surface area (Å²) in [5, 5.41) is 1.27. The molecule has 1 nitrogen and oxygen atoms in total. The van der Waals surface area contributed by atoms with Crippen LogP contribution in [0.3, 0.4) is 0 Å². The number of hydrogen-bond donors (Lipinski definition) is 0. The lowest BCUT2D eigenvalue weighted by Crippen LogP contribution is -2.44. The van der Waals surface area contributed by atoms with Gasteiger partial charge in [-0.15, -0.1) is 0 Å². The van der Waals surface area contributed by atoms with Crippen LogP contribution in [0.1, 0.15) is 124 Å². The third kappa shape index (κ3) is 9.70. The highest BCUT2D eigenvalue weighted by molar-refractivity contribution is 6.94. The largest absolute Gasteiger partial charge is 0.456 e. The van der Waals surface area contributed by atoms with E-state index in [0.29, 0.717) is 6.71 Å². The fourth-order valence-corrected chi connectivity index (χ4v) is 10.6. The van der Waals surface area contributed by atoms with Gasteiger partial charge in [-0.3, -0.25) is 0 Å². The van der Waals surface area contributed by atoms with E-state index in [1.54, 1.807) is 0 Å². The predicted molar refractivity (Wildman–Crippen MR) is 299 cm³/mol. The van der Waals surface area contributed by atoms with Crippen molar-refractivity contribution in [1.82, 2.24) is 0 Å². The van der Waals surface area contributed by atoms with Gasteiger partial charge in [0.25, 0.3) is 0 Å². The Morgan fingerprint density at radius 3 is 1.97 bits per heavy atom. The first kappa shape index (κ1) is 49.3. The summed E-state index contributed by atoms with van der Waals surface area (Å²) in [5.74, 6) is 1.10. The summed E-state index contributed by atoms with van der Waals surface area (Å²) in [7, 11) is 0. The van der Waals surface area contributed by atoms with Gasteiger partial charge >= 0.3 is 0 Å². The molecule has 0 saturated heterocycles. The molecule has 0 spiro atoms. The molecule has 3 aliphatic rings. The van der Waals surface area contributed by atoms with Crippen LogP contribution in [0.15, 0.2) is 186 Å². The first-order chi connectivity index (χ1) is 33.1. The number of para-hydroxylation sites is 1. The smallest absolute Gasteiger partial charge is 0.239 e. The molecule has 2 aliphatic carbocycles. The summed E-state index contributed by atoms with van der Waals surface area (Å²) in [6.45, 7) is 27.8. The SMILES string of the molecule is C=C/C(=C\CCC)c1ccc(C)cc1.CC.CC.Cc1ccc(B2C3=C(c4ccccc42)c2oc4ccccc4c2CC3)c(C)c1.Cc1ccc2c(c1)C(C)(C)c1c(-c3ccccc3)cccc1-2. The Labute approximate surface area is 409 Å². The van der Waals surface area contributed by atoms with Crippen LogP contribution >= 0.6 is 0 Å². The number of rotatable bonds is 6. The van der Waals surface area contributed by atoms with Crippen molar-refractivity contribution in [2.45, 2.75) is 107 Å². The van der Waals surface area contributed by atoms with Crippen molar-refractivity contribution in [3.63, 3.8) is 0 Å². The fraction of sp³-hybridized carbons (Fsp3) is 0.242. The van der Waals surface area contributed by atoms with Gasteiger partial charge in [0.15, 0.2) is 0 Å². The molecule has 1 aromatic heterocycles. The summed E-state index contributed by atoms with van der Waals surface area (Å²) in [5.41, 5.74) is 25.7. The number of fused-ring (bicyclic) bond motifs is 9. The average molecular weight is 891 g/mol. The maximum absolute atomic E-state index is 6.44. The first-order valence-corrected chi connectivity index (χ1v) is 25.2. The van der Waals surface area contributed by atoms with Crippen LogP contribution in [-0.2, 0) is 11.8 Å². The van der Waals surface area contributed by atoms with Gasteiger partial charge in [-0.05, 0) is 103 Å². The Kier molecular flexibility index (Phi) is 15.9. The van der Waals surface area contributed by atoms with Crippen molar-refractivity contribution in [2.75, 3.05) is 0 Å². The molecule has 0 fully saturated rings. The maximum atomic E-state index is 6.44. The minimum atomic E-state index is 0.0448. The first-order valence-electron chi connectivity index (χ1n) is 25.2. The van der Waals surface area contributed by atoms with Crippen molar-refractivity contribution >= 4 is 39.8 Å². The number of furan rings is 1. The zero-order chi connectivity index (χ0) is 48.5. The van der Waals surface area contributed by atoms with Gasteiger partial charge < -0.3 is 4.42 Å². The van der Waals surface area contributed by atoms with Crippen molar-refractivity contribution in [2.24, 2.45) is 0 Å². The van der Waals surface area contributed by atoms with E-state index in [4.69, 9.17) is 4.42 Å². The summed E-state index contributed by atoms with van der Waals surface area (Å²) in [6, 6.07) is 57.2. The van der Waals surface area contributed by atoms with E-state index >= 15 is 0 Å². The van der Waals surface area contributed by atoms with Crippen molar-refractivity contribution in [1.29, 1.82) is 0 Å². The molecule has 0 amide bonds. The molecule has 0 atom stereocenters. The van der Waals surface area contributed by atoms with Gasteiger partial charge in [0.2, 0.25) is 6.71 Å². The minimum absolute atomic E-state index is 0.0448. The quantitative estimate of drug-likeness (QED) is 0.120. The lowest BCUT2D eigenvalue weighted by atomic mass is 9.36. The molecule has 8 aromatic rings. The van der Waals surface area contributed by atoms with Crippen LogP contribution < -0.4 is 10.9 Å². The van der Waals surface area contributed by atoms with Crippen LogP contribution in [0.5, 0.6) is 0 Å². The Morgan fingerprint density at radius 1 is 0.618 bits per heavy atom. The maximum Gasteiger partial charge on any atom is 0.239 e. The number of benzene rings is 7. The van der Waals surface area contributed by atoms with Crippen LogP contribution in [0.2, 0.25) is 0 Å². The standard InChI is InChI=1S/C26H21BO.C22H20.C14H18.2C2H6/c1-16-11-13-21(17(2)15-16)27-22-9-5-3-8-20(22)25-23(27)14-12-19-18-7-4-6-10-24(18)28-26(19)25;1-15-12-13-18-19-11-7-10-17(16-8-5-4-6-9-16)21(19)22(2,3)20(18)14-15;1-4-6-7-13(5-2)14-10-8-12(3)9-11-14;2*1-2/h3-11,13,15H,12,14H2,1-2H3;4-14H,1-3H3;5,7-11H,2,4,6H2,1,3H3;2*1-2H3/b;;13-7+;;. The molecular formula is C66H71BO. The van der Waals surface area contributed by atoms with E-state index in [0.717, 1.165) is 30.6 Å². The number of aryl methyl sites for hydroxylation is 5. The zero-order valence-electron chi connectivity index (χ0n) is 42.7. The summed E-state index contributed by atoms with van der Waals surface area (Å²) in [4.78, 5) is 0. The topological polar surface area (TPSA) is 13.1 Å². The predicted octanol–water partition coefficient (Wildman–Crippen LogP) is 17.3. The Morgan fingerprint density at radius 2 is 1.25 bits per heavy atom. The Bertz CT molecular complexity index is 3080. The highest BCUT2D eigenvalue weighted by atomic mass is 16.3. The Hall–Kier alpha value is -6.64. The molecule has 0 bridgehead atoms. The van der Waals surface area contributed by atoms with Crippen LogP contribution in [0.25, 0.3) is 44.4 Å². The van der Waals surface area contributed by atoms with Gasteiger partial charge in [0.05, 0.1) is 0 Å². The second kappa shape index (κ2) is 22.0. The molecule has 2 heterocycles. The molecule has 0 unspecified atom stereocenters. The van der Waals surface area contributed by atoms with E-state index in [1.807, 2.05) is 33.8 Å². The van der Waals surface area contributed by atoms with E-state index in [1.165, 1.54) is 112 Å². The van der Waals surface area contributed by atoms with Gasteiger partial charge in [-0.1, -0.05) is 264 Å². The van der Waals surface area contributed by atoms with Gasteiger partial charge in [-0.25, -0.2) is 0 Å². The highest BCUT2D eigenvalue weighted by Gasteiger charge is 2.41. The number of allylic oxidation sites excluding steroid dienone is 4. The summed E-state index contributed by atoms with van der Waals surface area (Å²) >= 11 is 0. The molecule has 344 valence electrons. The fourth-order valence-electron chi connectivity index (χ4n) is 10.6. The third-order valence-electron chi connectivity index (χ3n) is 13.7. The van der Waals surface area contributed by atoms with E-state index in [2.05, 4.69) is 219 Å². The highest BCUT2D eigenvalue weighted by Crippen LogP contribution is 2.52. The molecule has 7 aromatic carbocycles. The van der Waals surface area contributed by atoms with Gasteiger partial charge in [0.1, 0.15) is 11.3 Å². The second-order valence-corrected chi connectivity index (χ2v) is 18.5. The molecule has 11 rings (SSSR count). The third-order valence-corrected chi connectivity index (χ3v) is 13.7. The minimum Gasteiger partial charge on any atom is -0.456 e. The van der Waals surface area contributed by atoms with E-state index in [-0.39, 0.29) is 5.41 Å². The van der Waals surface area contributed by atoms with Crippen LogP contribution in [0, 0.1) is 27.7 Å². The summed E-state index contributed by atoms with van der Waals surface area (Å²) in [6.07, 6.45) is 8.63. The van der Waals surface area contributed by atoms with Crippen LogP contribution in [0.4, 0.5) is 0 Å². The van der Waals surface area contributed by atoms with Gasteiger partial charge in [0, 0.05) is 21.9 Å². The van der Waals surface area contributed by atoms with E-state index < -0.39 is 0 Å². The molecular weight excluding hydrogens is 820 g/mol. The molecule has 0 radical (unpaired) electrons. The Balaban J connectivity index is 0.000000153. The van der Waals surface area contributed by atoms with Gasteiger partial charge in [-0.2, -0.15) is 0 Å². The number of unbranched alkanes of at least 4 members (excludes halogenated alkanes) is 1. The van der Waals surface area contributed by atoms with Crippen molar-refractivity contribution in [3.8, 4) is 22.3 Å². The molecule has 1 aliphatic heterocycles. The van der Waals surface area contributed by atoms with E-state index in [9.17, 15) is 0 Å². The molecule has 0 saturated carbocycles. The van der Waals surface area contributed by atoms with Crippen molar-refractivity contribution in [3.05, 3.63) is 238 Å². The molecule has 0 N–H and O–H groups in total. The number of hydrogen-bond acceptors (Lipinski definition) is 1. The summed E-state index contributed by atoms with van der Waals surface area (Å²) < 4.78 is 6.44. The average Bonchev–Trinajstić information content (AvgIpc) is 3.99. The monoisotopic (exact) mass is 891 g/mol. The lowest BCUT2D eigenvalue weighted by Gasteiger charge is -2.24. The van der Waals surface area contributed by atoms with Crippen LogP contribution in [-0.4, -0.2) is 6.71 Å². The lowest BCUT2D eigenvalue weighted by molar-refractivity contribution is 0.590.